The molecule has 0 aliphatic rings. The summed E-state index contributed by atoms with van der Waals surface area (Å²) in [4.78, 5) is 37.1. The van der Waals surface area contributed by atoms with Gasteiger partial charge in [-0.15, -0.1) is 0 Å². The van der Waals surface area contributed by atoms with Crippen molar-refractivity contribution < 1.29 is 43.2 Å². The molecule has 316 valence electrons. The number of carbonyl (C=O) groups is 2. The van der Waals surface area contributed by atoms with Crippen LogP contribution in [0.4, 0.5) is 0 Å². The Labute approximate surface area is 331 Å². The molecule has 0 spiro atoms. The van der Waals surface area contributed by atoms with Gasteiger partial charge < -0.3 is 36.8 Å². The topological polar surface area (TPSA) is 135 Å². The third-order valence-corrected chi connectivity index (χ3v) is 11.4. The Morgan fingerprint density at radius 1 is 0.472 bits per heavy atom. The minimum Gasteiger partial charge on any atom is -0.649 e. The van der Waals surface area contributed by atoms with Gasteiger partial charge in [-0.05, 0) is 12.8 Å². The van der Waals surface area contributed by atoms with Crippen LogP contribution >= 0.6 is 7.15 Å². The number of hydrogen-bond donors (Lipinski definition) is 2. The van der Waals surface area contributed by atoms with Gasteiger partial charge in [0.1, 0.15) is 20.4 Å². The largest absolute Gasteiger partial charge is 0.649 e. The summed E-state index contributed by atoms with van der Waals surface area (Å²) in [6.07, 6.45) is 35.6. The van der Waals surface area contributed by atoms with Crippen molar-refractivity contribution >= 4 is 31.3 Å². The van der Waals surface area contributed by atoms with E-state index in [9.17, 15) is 24.7 Å². The SMILES string of the molecule is CCCCCCCCCCCCCCCCCC(=O)O[C@@H](CO)CO[P+]([O-])([S-])OC[C@H](CO)OC(=O)CCCCCCCCCCCCCCCCC. The zero-order valence-electron chi connectivity index (χ0n) is 34.2. The van der Waals surface area contributed by atoms with Gasteiger partial charge in [0.05, 0.1) is 13.2 Å². The first-order valence-corrected chi connectivity index (χ1v) is 24.5. The molecule has 2 N–H and O–H groups in total. The van der Waals surface area contributed by atoms with Gasteiger partial charge in [0.2, 0.25) is 0 Å². The van der Waals surface area contributed by atoms with E-state index < -0.39 is 57.7 Å². The Morgan fingerprint density at radius 3 is 0.925 bits per heavy atom. The molecule has 0 bridgehead atoms. The summed E-state index contributed by atoms with van der Waals surface area (Å²) < 4.78 is 20.9. The summed E-state index contributed by atoms with van der Waals surface area (Å²) >= 11 is 4.92. The summed E-state index contributed by atoms with van der Waals surface area (Å²) in [6.45, 7) is 2.68. The Morgan fingerprint density at radius 2 is 0.698 bits per heavy atom. The third-order valence-electron chi connectivity index (χ3n) is 9.81. The fourth-order valence-electron chi connectivity index (χ4n) is 6.41. The molecule has 0 saturated carbocycles. The predicted octanol–water partition coefficient (Wildman–Crippen LogP) is 10.9. The third kappa shape index (κ3) is 38.2. The predicted molar refractivity (Wildman–Crippen MR) is 219 cm³/mol. The van der Waals surface area contributed by atoms with E-state index in [1.165, 1.54) is 154 Å². The molecule has 0 aliphatic carbocycles. The van der Waals surface area contributed by atoms with E-state index in [1.54, 1.807) is 0 Å². The number of hydrogen-bond acceptors (Lipinski definition) is 10. The van der Waals surface area contributed by atoms with E-state index in [0.29, 0.717) is 12.8 Å². The van der Waals surface area contributed by atoms with Crippen molar-refractivity contribution in [2.24, 2.45) is 0 Å². The Hall–Kier alpha value is -0.480. The Kier molecular flexibility index (Phi) is 39.4. The molecular formula is C42H82O9PS-. The molecule has 0 unspecified atom stereocenters. The van der Waals surface area contributed by atoms with Gasteiger partial charge >= 0.3 is 11.9 Å². The lowest BCUT2D eigenvalue weighted by molar-refractivity contribution is -0.215. The number of carbonyl (C=O) groups excluding carboxylic acids is 2. The van der Waals surface area contributed by atoms with Crippen molar-refractivity contribution in [1.82, 2.24) is 0 Å². The lowest BCUT2D eigenvalue weighted by Crippen LogP contribution is -2.31. The van der Waals surface area contributed by atoms with Crippen LogP contribution in [0.25, 0.3) is 0 Å². The maximum atomic E-state index is 12.6. The Balaban J connectivity index is 3.87. The summed E-state index contributed by atoms with van der Waals surface area (Å²) in [5, 5.41) is 19.2. The molecule has 0 saturated heterocycles. The molecule has 53 heavy (non-hydrogen) atoms. The summed E-state index contributed by atoms with van der Waals surface area (Å²) in [5.74, 6) is -0.910. The van der Waals surface area contributed by atoms with Crippen molar-refractivity contribution in [3.63, 3.8) is 0 Å². The summed E-state index contributed by atoms with van der Waals surface area (Å²) in [6, 6.07) is 0. The highest BCUT2D eigenvalue weighted by Gasteiger charge is 2.23. The first-order chi connectivity index (χ1) is 25.8. The molecule has 0 fully saturated rings. The molecule has 0 heterocycles. The van der Waals surface area contributed by atoms with E-state index >= 15 is 0 Å². The number of ether oxygens (including phenoxy) is 2. The average Bonchev–Trinajstić information content (AvgIpc) is 3.14. The number of aliphatic hydroxyl groups excluding tert-OH is 2. The van der Waals surface area contributed by atoms with Gasteiger partial charge in [-0.3, -0.25) is 9.59 Å². The number of rotatable bonds is 42. The maximum Gasteiger partial charge on any atom is 0.306 e. The molecule has 0 rings (SSSR count). The zero-order chi connectivity index (χ0) is 39.1. The smallest absolute Gasteiger partial charge is 0.306 e. The monoisotopic (exact) mass is 794 g/mol. The fraction of sp³-hybridized carbons (Fsp3) is 0.952. The minimum atomic E-state index is -4.04. The second-order valence-corrected chi connectivity index (χ2v) is 17.8. The molecule has 0 radical (unpaired) electrons. The number of unbranched alkanes of at least 4 members (excludes halogenated alkanes) is 28. The molecule has 0 aromatic heterocycles. The van der Waals surface area contributed by atoms with Crippen LogP contribution in [0.2, 0.25) is 0 Å². The summed E-state index contributed by atoms with van der Waals surface area (Å²) in [5.41, 5.74) is 0. The van der Waals surface area contributed by atoms with Gasteiger partial charge in [-0.25, -0.2) is 9.05 Å². The highest BCUT2D eigenvalue weighted by molar-refractivity contribution is 8.34. The summed E-state index contributed by atoms with van der Waals surface area (Å²) in [7, 11) is -4.04. The number of esters is 2. The van der Waals surface area contributed by atoms with Crippen molar-refractivity contribution in [3.05, 3.63) is 0 Å². The van der Waals surface area contributed by atoms with Crippen molar-refractivity contribution in [3.8, 4) is 0 Å². The van der Waals surface area contributed by atoms with Crippen molar-refractivity contribution in [1.29, 1.82) is 0 Å². The van der Waals surface area contributed by atoms with Crippen LogP contribution in [-0.2, 0) is 40.4 Å². The fourth-order valence-corrected chi connectivity index (χ4v) is 7.54. The van der Waals surface area contributed by atoms with Crippen LogP contribution in [0, 0.1) is 0 Å². The second kappa shape index (κ2) is 39.7. The van der Waals surface area contributed by atoms with Gasteiger partial charge in [0, 0.05) is 12.8 Å². The second-order valence-electron chi connectivity index (χ2n) is 15.0. The average molecular weight is 794 g/mol. The zero-order valence-corrected chi connectivity index (χ0v) is 35.9. The van der Waals surface area contributed by atoms with Crippen molar-refractivity contribution in [2.75, 3.05) is 26.4 Å². The number of aliphatic hydroxyl groups is 2. The molecule has 0 aliphatic heterocycles. The van der Waals surface area contributed by atoms with Crippen molar-refractivity contribution in [2.45, 2.75) is 232 Å². The molecule has 0 aromatic rings. The normalized spacial score (nSPS) is 12.9. The maximum absolute atomic E-state index is 12.6. The lowest BCUT2D eigenvalue weighted by Gasteiger charge is -2.34. The van der Waals surface area contributed by atoms with E-state index in [2.05, 4.69) is 13.8 Å². The van der Waals surface area contributed by atoms with Gasteiger partial charge in [-0.1, -0.05) is 194 Å². The van der Waals surface area contributed by atoms with E-state index in [1.807, 2.05) is 0 Å². The van der Waals surface area contributed by atoms with Gasteiger partial charge in [-0.2, -0.15) is 0 Å². The standard InChI is InChI=1S/C42H83O9PS/c1-3-5-7-9-11-13-15-17-19-21-23-25-27-29-31-33-41(45)50-39(35-43)37-48-52(47,53)49-38-40(36-44)51-42(46)34-32-30-28-26-24-22-20-18-16-14-12-10-8-6-4-2/h39-40,43-44H,3-38H2,1-2H3,(H,47,53)/p-1/t39-,40-/m0/s1. The molecule has 2 atom stereocenters. The lowest BCUT2D eigenvalue weighted by atomic mass is 10.0. The van der Waals surface area contributed by atoms with Crippen LogP contribution in [0.15, 0.2) is 0 Å². The van der Waals surface area contributed by atoms with Crippen LogP contribution < -0.4 is 4.89 Å². The molecular weight excluding hydrogens is 711 g/mol. The molecule has 0 aromatic carbocycles. The van der Waals surface area contributed by atoms with E-state index in [-0.39, 0.29) is 12.8 Å². The first kappa shape index (κ1) is 52.5. The molecule has 9 nitrogen and oxygen atoms in total. The van der Waals surface area contributed by atoms with Crippen LogP contribution in [-0.4, -0.2) is 60.8 Å². The van der Waals surface area contributed by atoms with E-state index in [4.69, 9.17) is 30.8 Å². The van der Waals surface area contributed by atoms with Crippen LogP contribution in [0.3, 0.4) is 0 Å². The molecule has 11 heteroatoms. The van der Waals surface area contributed by atoms with Crippen LogP contribution in [0.1, 0.15) is 219 Å². The Bertz CT molecular complexity index is 743. The van der Waals surface area contributed by atoms with Gasteiger partial charge in [0.15, 0.2) is 12.2 Å². The highest BCUT2D eigenvalue weighted by atomic mass is 32.7. The van der Waals surface area contributed by atoms with E-state index in [0.717, 1.165) is 25.7 Å². The molecule has 0 amide bonds. The minimum absolute atomic E-state index is 0.236. The first-order valence-electron chi connectivity index (χ1n) is 22.0. The van der Waals surface area contributed by atoms with Crippen LogP contribution in [0.5, 0.6) is 0 Å². The quantitative estimate of drug-likeness (QED) is 0.0266. The highest BCUT2D eigenvalue weighted by Crippen LogP contribution is 2.50. The van der Waals surface area contributed by atoms with Gasteiger partial charge in [0.25, 0.3) is 0 Å².